The fourth-order valence-corrected chi connectivity index (χ4v) is 3.48. The molecule has 1 heterocycles. The second-order valence-electron chi connectivity index (χ2n) is 6.48. The highest BCUT2D eigenvalue weighted by Crippen LogP contribution is 2.25. The minimum Gasteiger partial charge on any atom is -0.486 e. The first-order valence-corrected chi connectivity index (χ1v) is 9.68. The van der Waals surface area contributed by atoms with Crippen LogP contribution >= 0.6 is 23.8 Å². The SMILES string of the molecule is S=c1[nH]nc(COc2ccc3c(c2)CCCC3)n1/N=C\c1ccc(Cl)cc1. The van der Waals surface area contributed by atoms with E-state index in [4.69, 9.17) is 28.6 Å². The van der Waals surface area contributed by atoms with E-state index in [1.165, 1.54) is 24.0 Å². The quantitative estimate of drug-likeness (QED) is 0.489. The van der Waals surface area contributed by atoms with Gasteiger partial charge in [-0.3, -0.25) is 0 Å². The van der Waals surface area contributed by atoms with Crippen LogP contribution in [0, 0.1) is 4.77 Å². The second kappa shape index (κ2) is 8.06. The molecule has 0 radical (unpaired) electrons. The maximum atomic E-state index is 5.94. The average molecular weight is 399 g/mol. The van der Waals surface area contributed by atoms with Crippen LogP contribution < -0.4 is 4.74 Å². The van der Waals surface area contributed by atoms with Gasteiger partial charge in [-0.25, -0.2) is 5.10 Å². The zero-order chi connectivity index (χ0) is 18.6. The van der Waals surface area contributed by atoms with E-state index >= 15 is 0 Å². The van der Waals surface area contributed by atoms with Gasteiger partial charge in [0.05, 0.1) is 6.21 Å². The van der Waals surface area contributed by atoms with E-state index in [-0.39, 0.29) is 6.61 Å². The third-order valence-corrected chi connectivity index (χ3v) is 5.11. The Morgan fingerprint density at radius 3 is 2.74 bits per heavy atom. The summed E-state index contributed by atoms with van der Waals surface area (Å²) in [4.78, 5) is 0. The summed E-state index contributed by atoms with van der Waals surface area (Å²) in [6.07, 6.45) is 6.51. The lowest BCUT2D eigenvalue weighted by Gasteiger charge is -2.16. The number of ether oxygens (including phenoxy) is 1. The van der Waals surface area contributed by atoms with Gasteiger partial charge >= 0.3 is 0 Å². The van der Waals surface area contributed by atoms with E-state index in [2.05, 4.69) is 27.4 Å². The zero-order valence-corrected chi connectivity index (χ0v) is 16.3. The molecule has 0 fully saturated rings. The summed E-state index contributed by atoms with van der Waals surface area (Å²) in [5.41, 5.74) is 3.74. The Kier molecular flexibility index (Phi) is 5.36. The van der Waals surface area contributed by atoms with Crippen molar-refractivity contribution in [2.45, 2.75) is 32.3 Å². The smallest absolute Gasteiger partial charge is 0.216 e. The Hall–Kier alpha value is -2.44. The van der Waals surface area contributed by atoms with E-state index < -0.39 is 0 Å². The van der Waals surface area contributed by atoms with Crippen molar-refractivity contribution in [2.75, 3.05) is 0 Å². The van der Waals surface area contributed by atoms with Gasteiger partial charge < -0.3 is 4.74 Å². The number of nitrogens with one attached hydrogen (secondary N) is 1. The second-order valence-corrected chi connectivity index (χ2v) is 7.30. The highest BCUT2D eigenvalue weighted by molar-refractivity contribution is 7.71. The van der Waals surface area contributed by atoms with E-state index in [1.54, 1.807) is 10.9 Å². The van der Waals surface area contributed by atoms with Gasteiger partial charge in [0.1, 0.15) is 12.4 Å². The van der Waals surface area contributed by atoms with Crippen molar-refractivity contribution in [1.82, 2.24) is 14.9 Å². The molecule has 0 bridgehead atoms. The number of nitrogens with zero attached hydrogens (tertiary/aromatic N) is 3. The van der Waals surface area contributed by atoms with Gasteiger partial charge in [-0.15, -0.1) is 0 Å². The number of aromatic amines is 1. The van der Waals surface area contributed by atoms with Crippen molar-refractivity contribution in [3.8, 4) is 5.75 Å². The highest BCUT2D eigenvalue weighted by atomic mass is 35.5. The molecule has 3 aromatic rings. The third-order valence-electron chi connectivity index (χ3n) is 4.60. The summed E-state index contributed by atoms with van der Waals surface area (Å²) >= 11 is 11.2. The molecule has 27 heavy (non-hydrogen) atoms. The van der Waals surface area contributed by atoms with Crippen molar-refractivity contribution in [1.29, 1.82) is 0 Å². The summed E-state index contributed by atoms with van der Waals surface area (Å²) in [6.45, 7) is 0.282. The number of fused-ring (bicyclic) bond motifs is 1. The molecule has 4 rings (SSSR count). The van der Waals surface area contributed by atoms with Crippen molar-refractivity contribution < 1.29 is 4.74 Å². The maximum Gasteiger partial charge on any atom is 0.216 e. The molecule has 0 spiro atoms. The minimum atomic E-state index is 0.282. The number of rotatable bonds is 5. The number of benzene rings is 2. The number of hydrogen-bond acceptors (Lipinski definition) is 4. The molecule has 1 aliphatic rings. The monoisotopic (exact) mass is 398 g/mol. The fraction of sp³-hybridized carbons (Fsp3) is 0.250. The summed E-state index contributed by atoms with van der Waals surface area (Å²) in [7, 11) is 0. The molecule has 0 unspecified atom stereocenters. The Balaban J connectivity index is 1.48. The topological polar surface area (TPSA) is 55.2 Å². The number of aromatic nitrogens is 3. The van der Waals surface area contributed by atoms with Crippen molar-refractivity contribution in [3.05, 3.63) is 74.8 Å². The molecule has 0 saturated heterocycles. The molecule has 0 amide bonds. The first-order valence-electron chi connectivity index (χ1n) is 8.90. The average Bonchev–Trinajstić information content (AvgIpc) is 3.05. The van der Waals surface area contributed by atoms with Crippen LogP contribution in [0.4, 0.5) is 0 Å². The van der Waals surface area contributed by atoms with Crippen LogP contribution in [0.25, 0.3) is 0 Å². The molecule has 1 aromatic heterocycles. The normalized spacial score (nSPS) is 13.7. The standard InChI is InChI=1S/C20H19ClN4OS/c21-17-8-5-14(6-9-17)12-22-25-19(23-24-20(25)27)13-26-18-10-7-15-3-1-2-4-16(15)11-18/h5-12H,1-4,13H2,(H,24,27)/b22-12-. The summed E-state index contributed by atoms with van der Waals surface area (Å²) in [5, 5.41) is 12.1. The fourth-order valence-electron chi connectivity index (χ4n) is 3.16. The van der Waals surface area contributed by atoms with Gasteiger partial charge in [-0.1, -0.05) is 29.8 Å². The number of H-pyrrole nitrogens is 1. The van der Waals surface area contributed by atoms with Crippen molar-refractivity contribution >= 4 is 30.0 Å². The van der Waals surface area contributed by atoms with Crippen LogP contribution in [0.1, 0.15) is 35.4 Å². The lowest BCUT2D eigenvalue weighted by Crippen LogP contribution is -2.06. The molecule has 2 aromatic carbocycles. The Morgan fingerprint density at radius 1 is 1.15 bits per heavy atom. The van der Waals surface area contributed by atoms with Gasteiger partial charge in [0.25, 0.3) is 0 Å². The Bertz CT molecular complexity index is 1020. The number of aryl methyl sites for hydroxylation is 2. The molecule has 138 valence electrons. The largest absolute Gasteiger partial charge is 0.486 e. The van der Waals surface area contributed by atoms with Crippen LogP contribution in [0.2, 0.25) is 5.02 Å². The van der Waals surface area contributed by atoms with Gasteiger partial charge in [0.2, 0.25) is 4.77 Å². The Labute approximate surface area is 167 Å². The lowest BCUT2D eigenvalue weighted by molar-refractivity contribution is 0.290. The highest BCUT2D eigenvalue weighted by Gasteiger charge is 2.11. The third kappa shape index (κ3) is 4.28. The van der Waals surface area contributed by atoms with E-state index in [0.717, 1.165) is 24.2 Å². The number of hydrogen-bond donors (Lipinski definition) is 1. The Morgan fingerprint density at radius 2 is 1.93 bits per heavy atom. The summed E-state index contributed by atoms with van der Waals surface area (Å²) in [5.74, 6) is 1.46. The zero-order valence-electron chi connectivity index (χ0n) is 14.7. The van der Waals surface area contributed by atoms with Gasteiger partial charge in [-0.2, -0.15) is 14.9 Å². The summed E-state index contributed by atoms with van der Waals surface area (Å²) < 4.78 is 7.93. The summed E-state index contributed by atoms with van der Waals surface area (Å²) in [6, 6.07) is 13.7. The van der Waals surface area contributed by atoms with Crippen LogP contribution in [-0.4, -0.2) is 21.1 Å². The minimum absolute atomic E-state index is 0.282. The van der Waals surface area contributed by atoms with Gasteiger partial charge in [0.15, 0.2) is 5.82 Å². The van der Waals surface area contributed by atoms with E-state index in [9.17, 15) is 0 Å². The molecule has 1 N–H and O–H groups in total. The number of halogens is 1. The van der Waals surface area contributed by atoms with E-state index in [1.807, 2.05) is 30.3 Å². The molecule has 0 saturated carbocycles. The van der Waals surface area contributed by atoms with E-state index in [0.29, 0.717) is 15.6 Å². The molecular weight excluding hydrogens is 380 g/mol. The van der Waals surface area contributed by atoms with Gasteiger partial charge in [0, 0.05) is 5.02 Å². The van der Waals surface area contributed by atoms with Crippen LogP contribution in [0.5, 0.6) is 5.75 Å². The molecule has 1 aliphatic carbocycles. The molecule has 0 aliphatic heterocycles. The van der Waals surface area contributed by atoms with Gasteiger partial charge in [-0.05, 0) is 78.9 Å². The predicted octanol–water partition coefficient (Wildman–Crippen LogP) is 4.93. The molecule has 5 nitrogen and oxygen atoms in total. The molecule has 0 atom stereocenters. The predicted molar refractivity (Wildman–Crippen MR) is 109 cm³/mol. The van der Waals surface area contributed by atoms with Crippen molar-refractivity contribution in [2.24, 2.45) is 5.10 Å². The van der Waals surface area contributed by atoms with Crippen LogP contribution in [0.15, 0.2) is 47.6 Å². The van der Waals surface area contributed by atoms with Crippen LogP contribution in [-0.2, 0) is 19.4 Å². The van der Waals surface area contributed by atoms with Crippen LogP contribution in [0.3, 0.4) is 0 Å². The molecular formula is C20H19ClN4OS. The lowest BCUT2D eigenvalue weighted by atomic mass is 9.92. The molecule has 7 heteroatoms. The maximum absolute atomic E-state index is 5.94. The van der Waals surface area contributed by atoms with Crippen molar-refractivity contribution in [3.63, 3.8) is 0 Å². The first-order chi connectivity index (χ1) is 13.2. The first kappa shape index (κ1) is 17.9.